The number of carbonyl (C=O) groups is 6. The van der Waals surface area contributed by atoms with Crippen LogP contribution < -0.4 is 5.73 Å². The van der Waals surface area contributed by atoms with Crippen LogP contribution in [0.4, 0.5) is 9.59 Å². The summed E-state index contributed by atoms with van der Waals surface area (Å²) in [5.41, 5.74) is 6.47. The van der Waals surface area contributed by atoms with E-state index in [1.807, 2.05) is 46.4 Å². The van der Waals surface area contributed by atoms with Crippen LogP contribution in [0, 0.1) is 0 Å². The van der Waals surface area contributed by atoms with Gasteiger partial charge in [-0.1, -0.05) is 30.3 Å². The van der Waals surface area contributed by atoms with Gasteiger partial charge in [0.15, 0.2) is 6.29 Å². The highest BCUT2D eigenvalue weighted by Gasteiger charge is 2.45. The molecule has 17 heteroatoms. The smallest absolute Gasteiger partial charge is 0.410 e. The first-order valence-corrected chi connectivity index (χ1v) is 23.4. The number of carboxylic acids is 1. The number of piperidine rings is 3. The predicted molar refractivity (Wildman–Crippen MR) is 243 cm³/mol. The van der Waals surface area contributed by atoms with Crippen LogP contribution in [0.3, 0.4) is 0 Å². The van der Waals surface area contributed by atoms with Crippen LogP contribution in [-0.4, -0.2) is 134 Å². The fraction of sp³-hybridized carbons (Fsp3) is 0.735. The number of hydrogen-bond donors (Lipinski definition) is 2. The fourth-order valence-electron chi connectivity index (χ4n) is 9.68. The van der Waals surface area contributed by atoms with Gasteiger partial charge in [-0.05, 0) is 119 Å². The summed E-state index contributed by atoms with van der Waals surface area (Å²) >= 11 is 0. The van der Waals surface area contributed by atoms with Crippen molar-refractivity contribution in [1.29, 1.82) is 0 Å². The van der Waals surface area contributed by atoms with Crippen LogP contribution in [0.25, 0.3) is 0 Å². The molecule has 0 aliphatic carbocycles. The average Bonchev–Trinajstić information content (AvgIpc) is 3.90. The highest BCUT2D eigenvalue weighted by molar-refractivity contribution is 5.93. The number of ketones is 3. The van der Waals surface area contributed by atoms with Crippen molar-refractivity contribution in [1.82, 2.24) is 14.7 Å². The van der Waals surface area contributed by atoms with Crippen molar-refractivity contribution in [3.8, 4) is 0 Å². The van der Waals surface area contributed by atoms with Crippen LogP contribution >= 0.6 is 0 Å². The van der Waals surface area contributed by atoms with Gasteiger partial charge in [-0.15, -0.1) is 0 Å². The lowest BCUT2D eigenvalue weighted by Crippen LogP contribution is -2.51. The van der Waals surface area contributed by atoms with E-state index in [4.69, 9.17) is 39.4 Å². The molecule has 7 aliphatic rings. The summed E-state index contributed by atoms with van der Waals surface area (Å²) in [5, 5.41) is 7.86. The molecule has 3 N–H and O–H groups in total. The number of hydrogen-bond acceptors (Lipinski definition) is 14. The number of rotatable bonds is 5. The van der Waals surface area contributed by atoms with Gasteiger partial charge in [0, 0.05) is 88.1 Å². The van der Waals surface area contributed by atoms with Gasteiger partial charge in [-0.2, -0.15) is 9.59 Å². The molecule has 1 aromatic carbocycles. The highest BCUT2D eigenvalue weighted by atomic mass is 16.7. The minimum absolute atomic E-state index is 0.0741. The van der Waals surface area contributed by atoms with Gasteiger partial charge in [0.05, 0.1) is 6.10 Å². The monoisotopic (exact) mass is 929 g/mol. The minimum atomic E-state index is -1.06. The molecule has 8 unspecified atom stereocenters. The van der Waals surface area contributed by atoms with E-state index in [9.17, 15) is 28.8 Å². The second-order valence-corrected chi connectivity index (χ2v) is 20.3. The maximum atomic E-state index is 12.0. The van der Waals surface area contributed by atoms with E-state index < -0.39 is 17.2 Å². The van der Waals surface area contributed by atoms with E-state index in [1.165, 1.54) is 25.3 Å². The molecule has 17 nitrogen and oxygen atoms in total. The van der Waals surface area contributed by atoms with Crippen molar-refractivity contribution in [3.05, 3.63) is 35.9 Å². The Labute approximate surface area is 390 Å². The number of ether oxygens (including phenoxy) is 4. The van der Waals surface area contributed by atoms with Crippen LogP contribution in [0.15, 0.2) is 30.3 Å². The second kappa shape index (κ2) is 26.1. The van der Waals surface area contributed by atoms with E-state index in [0.29, 0.717) is 48.9 Å². The highest BCUT2D eigenvalue weighted by Crippen LogP contribution is 2.37. The van der Waals surface area contributed by atoms with Crippen molar-refractivity contribution in [2.24, 2.45) is 5.73 Å². The number of carbonyl (C=O) groups excluding carboxylic acids is 7. The number of nitrogens with zero attached hydrogens (tertiary/aromatic N) is 3. The van der Waals surface area contributed by atoms with Gasteiger partial charge >= 0.3 is 24.3 Å². The Hall–Kier alpha value is -4.54. The number of amides is 2. The van der Waals surface area contributed by atoms with Gasteiger partial charge in [0.25, 0.3) is 0 Å². The molecule has 8 atom stereocenters. The van der Waals surface area contributed by atoms with Crippen molar-refractivity contribution in [2.75, 3.05) is 7.11 Å². The zero-order valence-corrected chi connectivity index (χ0v) is 40.7. The normalized spacial score (nSPS) is 28.2. The van der Waals surface area contributed by atoms with E-state index in [2.05, 4.69) is 42.2 Å². The van der Waals surface area contributed by atoms with Crippen molar-refractivity contribution >= 4 is 41.7 Å². The molecule has 0 aromatic heterocycles. The summed E-state index contributed by atoms with van der Waals surface area (Å²) < 4.78 is 21.1. The molecule has 6 bridgehead atoms. The Morgan fingerprint density at radius 1 is 0.712 bits per heavy atom. The largest absolute Gasteiger partial charge is 0.481 e. The topological polar surface area (TPSA) is 229 Å². The van der Waals surface area contributed by atoms with Crippen LogP contribution in [0.5, 0.6) is 0 Å². The predicted octanol–water partition coefficient (Wildman–Crippen LogP) is 7.00. The van der Waals surface area contributed by atoms with Crippen molar-refractivity contribution in [3.63, 3.8) is 0 Å². The Morgan fingerprint density at radius 3 is 1.47 bits per heavy atom. The van der Waals surface area contributed by atoms with Gasteiger partial charge < -0.3 is 39.6 Å². The van der Waals surface area contributed by atoms with Crippen LogP contribution in [0.1, 0.15) is 157 Å². The Bertz CT molecular complexity index is 1730. The Morgan fingerprint density at radius 2 is 1.12 bits per heavy atom. The molecular weight excluding hydrogens is 853 g/mol. The molecule has 0 radical (unpaired) electrons. The lowest BCUT2D eigenvalue weighted by atomic mass is 9.99. The minimum Gasteiger partial charge on any atom is -0.481 e. The van der Waals surface area contributed by atoms with E-state index in [1.54, 1.807) is 12.0 Å². The Kier molecular flexibility index (Phi) is 22.1. The maximum absolute atomic E-state index is 12.0. The number of Topliss-reactive ketones (excluding diaryl/α,β-unsaturated/α-hetero) is 3. The summed E-state index contributed by atoms with van der Waals surface area (Å²) in [6.07, 6.45) is 13.0. The van der Waals surface area contributed by atoms with Gasteiger partial charge in [0.2, 0.25) is 0 Å². The summed E-state index contributed by atoms with van der Waals surface area (Å²) in [6.45, 7) is 15.6. The summed E-state index contributed by atoms with van der Waals surface area (Å²) in [7, 11) is 1.68. The number of methoxy groups -OCH3 is 1. The van der Waals surface area contributed by atoms with Crippen molar-refractivity contribution in [2.45, 2.75) is 224 Å². The molecule has 7 aliphatic heterocycles. The molecule has 0 spiro atoms. The van der Waals surface area contributed by atoms with Gasteiger partial charge in [-0.25, -0.2) is 9.59 Å². The molecular formula is C49H76N4O13. The summed E-state index contributed by atoms with van der Waals surface area (Å²) in [5.74, 6) is -0.621. The summed E-state index contributed by atoms with van der Waals surface area (Å²) in [4.78, 5) is 88.9. The fourth-order valence-corrected chi connectivity index (χ4v) is 9.68. The van der Waals surface area contributed by atoms with E-state index in [-0.39, 0.29) is 60.7 Å². The van der Waals surface area contributed by atoms with Gasteiger partial charge in [0.1, 0.15) is 35.0 Å². The molecule has 370 valence electrons. The van der Waals surface area contributed by atoms with Crippen LogP contribution in [-0.2, 0) is 54.3 Å². The molecule has 1 aromatic rings. The van der Waals surface area contributed by atoms with E-state index >= 15 is 0 Å². The zero-order chi connectivity index (χ0) is 49.4. The number of fused-ring (bicyclic) bond motifs is 6. The molecule has 7 fully saturated rings. The SMILES string of the molecule is CC(=O)CC(=O)O.CC(C)(C)OC(=O)N1C2CCC1CC(=O)C2.CC(C)(C)OC(=O)N1C2CCC1CC(N)C2.COC1CCC(C)O1.O=C1CC2CCC(C1)N2Cc1ccccc1.O=C=O. The zero-order valence-electron chi connectivity index (χ0n) is 40.7. The van der Waals surface area contributed by atoms with Gasteiger partial charge in [-0.3, -0.25) is 24.1 Å². The van der Waals surface area contributed by atoms with Crippen molar-refractivity contribution < 1.29 is 62.4 Å². The number of benzene rings is 1. The average molecular weight is 929 g/mol. The third-order valence-corrected chi connectivity index (χ3v) is 12.3. The number of carboxylic acid groups (broad SMARTS) is 1. The Balaban J connectivity index is 0.000000223. The lowest BCUT2D eigenvalue weighted by molar-refractivity contribution is -0.191. The molecule has 2 amide bonds. The summed E-state index contributed by atoms with van der Waals surface area (Å²) in [6, 6.07) is 12.7. The number of aliphatic carboxylic acids is 1. The molecule has 0 saturated carbocycles. The maximum Gasteiger partial charge on any atom is 0.410 e. The third-order valence-electron chi connectivity index (χ3n) is 12.3. The second-order valence-electron chi connectivity index (χ2n) is 20.3. The molecule has 7 saturated heterocycles. The molecule has 7 heterocycles. The molecule has 8 rings (SSSR count). The third kappa shape index (κ3) is 19.0. The quantitative estimate of drug-likeness (QED) is 0.283. The number of nitrogens with two attached hydrogens (primary N) is 1. The first kappa shape index (κ1) is 55.8. The first-order valence-electron chi connectivity index (χ1n) is 23.4. The lowest BCUT2D eigenvalue weighted by Gasteiger charge is -2.38. The molecule has 66 heavy (non-hydrogen) atoms. The van der Waals surface area contributed by atoms with Crippen LogP contribution in [0.2, 0.25) is 0 Å². The first-order chi connectivity index (χ1) is 30.9. The van der Waals surface area contributed by atoms with E-state index in [0.717, 1.165) is 70.8 Å². The standard InChI is InChI=1S/C14H17NO.C12H22N2O2.C12H19NO3.C6H12O2.C4H6O3.CO2/c16-14-8-12-6-7-13(9-14)15(12)10-11-4-2-1-3-5-11;1-12(2,3)16-11(15)14-9-4-5-10(14)7-8(13)6-9;1-12(2,3)16-11(15)13-8-4-5-9(13)7-10(14)6-8;1-5-3-4-6(7-2)8-5;1-3(5)2-4(6)7;2-1-3/h1-5,12-13H,6-10H2;8-10H,4-7,13H2,1-3H3;8-9H,4-7H2,1-3H3;5-6H,3-4H2,1-2H3;2H2,1H3,(H,6,7);.